The Morgan fingerprint density at radius 2 is 2.23 bits per heavy atom. The van der Waals surface area contributed by atoms with E-state index in [2.05, 4.69) is 0 Å². The normalized spacial score (nSPS) is 13.0. The summed E-state index contributed by atoms with van der Waals surface area (Å²) < 4.78 is 22.7. The first-order valence-corrected chi connectivity index (χ1v) is 3.51. The van der Waals surface area contributed by atoms with E-state index in [1.54, 1.807) is 0 Å². The fourth-order valence-corrected chi connectivity index (χ4v) is 1.15. The summed E-state index contributed by atoms with van der Waals surface area (Å²) in [6, 6.07) is 2.38. The number of rotatable bonds is 1. The number of fused-ring (bicyclic) bond motifs is 1. The highest BCUT2D eigenvalue weighted by molar-refractivity contribution is 5.92. The molecule has 0 spiro atoms. The van der Waals surface area contributed by atoms with Crippen molar-refractivity contribution in [3.8, 4) is 11.5 Å². The Labute approximate surface area is 72.5 Å². The van der Waals surface area contributed by atoms with E-state index in [-0.39, 0.29) is 18.3 Å². The van der Waals surface area contributed by atoms with Crippen molar-refractivity contribution < 1.29 is 23.8 Å². The molecule has 1 heterocycles. The highest BCUT2D eigenvalue weighted by Gasteiger charge is 2.25. The van der Waals surface area contributed by atoms with E-state index < -0.39 is 17.3 Å². The smallest absolute Gasteiger partial charge is 0.342 e. The Hall–Kier alpha value is -1.78. The summed E-state index contributed by atoms with van der Waals surface area (Å²) in [4.78, 5) is 10.6. The third-order valence-electron chi connectivity index (χ3n) is 1.70. The SMILES string of the molecule is O=C(O)c1c(F)ccc2c1OCO2. The number of hydrogen-bond donors (Lipinski definition) is 1. The number of carboxylic acid groups (broad SMARTS) is 1. The number of benzene rings is 1. The molecule has 1 aliphatic heterocycles. The molecule has 0 atom stereocenters. The topological polar surface area (TPSA) is 55.8 Å². The zero-order valence-electron chi connectivity index (χ0n) is 6.41. The highest BCUT2D eigenvalue weighted by Crippen LogP contribution is 2.36. The lowest BCUT2D eigenvalue weighted by molar-refractivity contribution is 0.0687. The quantitative estimate of drug-likeness (QED) is 0.713. The maximum Gasteiger partial charge on any atom is 0.342 e. The van der Waals surface area contributed by atoms with Gasteiger partial charge in [-0.3, -0.25) is 0 Å². The standard InChI is InChI=1S/C8H5FO4/c9-4-1-2-5-7(13-3-12-5)6(4)8(10)11/h1-2H,3H2,(H,10,11). The maximum atomic E-state index is 13.0. The second kappa shape index (κ2) is 2.62. The molecule has 0 saturated heterocycles. The molecule has 0 bridgehead atoms. The van der Waals surface area contributed by atoms with Gasteiger partial charge in [0.2, 0.25) is 6.79 Å². The molecular formula is C8H5FO4. The maximum absolute atomic E-state index is 13.0. The van der Waals surface area contributed by atoms with E-state index in [1.165, 1.54) is 6.07 Å². The Kier molecular flexibility index (Phi) is 1.58. The summed E-state index contributed by atoms with van der Waals surface area (Å²) in [5, 5.41) is 8.65. The second-order valence-corrected chi connectivity index (χ2v) is 2.46. The first-order valence-electron chi connectivity index (χ1n) is 3.51. The Bertz CT molecular complexity index is 375. The molecule has 0 unspecified atom stereocenters. The van der Waals surface area contributed by atoms with Gasteiger partial charge in [0.25, 0.3) is 0 Å². The minimum atomic E-state index is -1.36. The van der Waals surface area contributed by atoms with E-state index in [0.717, 1.165) is 6.07 Å². The van der Waals surface area contributed by atoms with Crippen LogP contribution in [0.3, 0.4) is 0 Å². The van der Waals surface area contributed by atoms with Crippen molar-refractivity contribution in [3.05, 3.63) is 23.5 Å². The molecule has 1 aromatic rings. The summed E-state index contributed by atoms with van der Waals surface area (Å²) in [5.74, 6) is -1.96. The summed E-state index contributed by atoms with van der Waals surface area (Å²) >= 11 is 0. The first-order chi connectivity index (χ1) is 6.20. The highest BCUT2D eigenvalue weighted by atomic mass is 19.1. The largest absolute Gasteiger partial charge is 0.477 e. The van der Waals surface area contributed by atoms with Gasteiger partial charge in [-0.05, 0) is 12.1 Å². The molecule has 0 amide bonds. The molecular weight excluding hydrogens is 179 g/mol. The van der Waals surface area contributed by atoms with Crippen LogP contribution < -0.4 is 9.47 Å². The third-order valence-corrected chi connectivity index (χ3v) is 1.70. The number of carboxylic acids is 1. The van der Waals surface area contributed by atoms with Gasteiger partial charge in [-0.1, -0.05) is 0 Å². The Balaban J connectivity index is 2.65. The third kappa shape index (κ3) is 1.09. The predicted molar refractivity (Wildman–Crippen MR) is 39.5 cm³/mol. The van der Waals surface area contributed by atoms with Crippen molar-refractivity contribution in [2.45, 2.75) is 0 Å². The van der Waals surface area contributed by atoms with Crippen LogP contribution in [-0.4, -0.2) is 17.9 Å². The lowest BCUT2D eigenvalue weighted by Crippen LogP contribution is -2.02. The van der Waals surface area contributed by atoms with Crippen molar-refractivity contribution in [2.24, 2.45) is 0 Å². The molecule has 0 fully saturated rings. The zero-order chi connectivity index (χ0) is 9.42. The van der Waals surface area contributed by atoms with Crippen molar-refractivity contribution in [2.75, 3.05) is 6.79 Å². The monoisotopic (exact) mass is 184 g/mol. The zero-order valence-corrected chi connectivity index (χ0v) is 6.41. The molecule has 13 heavy (non-hydrogen) atoms. The molecule has 1 aromatic carbocycles. The summed E-state index contributed by atoms with van der Waals surface area (Å²) in [7, 11) is 0. The van der Waals surface area contributed by atoms with Crippen LogP contribution in [-0.2, 0) is 0 Å². The fraction of sp³-hybridized carbons (Fsp3) is 0.125. The van der Waals surface area contributed by atoms with Crippen LogP contribution in [0.15, 0.2) is 12.1 Å². The molecule has 0 aliphatic carbocycles. The molecule has 68 valence electrons. The van der Waals surface area contributed by atoms with E-state index in [9.17, 15) is 9.18 Å². The summed E-state index contributed by atoms with van der Waals surface area (Å²) in [6.45, 7) is -0.0704. The predicted octanol–water partition coefficient (Wildman–Crippen LogP) is 1.25. The van der Waals surface area contributed by atoms with Gasteiger partial charge in [0.15, 0.2) is 11.5 Å². The number of carbonyl (C=O) groups is 1. The van der Waals surface area contributed by atoms with Crippen molar-refractivity contribution in [3.63, 3.8) is 0 Å². The molecule has 1 N–H and O–H groups in total. The van der Waals surface area contributed by atoms with Crippen LogP contribution in [0.5, 0.6) is 11.5 Å². The molecule has 1 aliphatic rings. The van der Waals surface area contributed by atoms with Gasteiger partial charge in [0.05, 0.1) is 0 Å². The van der Waals surface area contributed by atoms with Gasteiger partial charge in [-0.25, -0.2) is 9.18 Å². The van der Waals surface area contributed by atoms with Gasteiger partial charge in [-0.15, -0.1) is 0 Å². The lowest BCUT2D eigenvalue weighted by atomic mass is 10.2. The van der Waals surface area contributed by atoms with Crippen LogP contribution in [0.25, 0.3) is 0 Å². The van der Waals surface area contributed by atoms with Crippen LogP contribution in [0, 0.1) is 5.82 Å². The van der Waals surface area contributed by atoms with E-state index in [1.807, 2.05) is 0 Å². The Morgan fingerprint density at radius 1 is 1.46 bits per heavy atom. The molecule has 0 saturated carbocycles. The number of ether oxygens (including phenoxy) is 2. The fourth-order valence-electron chi connectivity index (χ4n) is 1.15. The van der Waals surface area contributed by atoms with Gasteiger partial charge < -0.3 is 14.6 Å². The van der Waals surface area contributed by atoms with E-state index in [4.69, 9.17) is 14.6 Å². The van der Waals surface area contributed by atoms with Crippen LogP contribution in [0.1, 0.15) is 10.4 Å². The second-order valence-electron chi connectivity index (χ2n) is 2.46. The first kappa shape index (κ1) is 7.85. The summed E-state index contributed by atoms with van der Waals surface area (Å²) in [5.41, 5.74) is -0.477. The Morgan fingerprint density at radius 3 is 2.92 bits per heavy atom. The van der Waals surface area contributed by atoms with Crippen molar-refractivity contribution in [1.82, 2.24) is 0 Å². The van der Waals surface area contributed by atoms with Crippen LogP contribution in [0.4, 0.5) is 4.39 Å². The average Bonchev–Trinajstić information content (AvgIpc) is 2.50. The molecule has 4 nitrogen and oxygen atoms in total. The molecule has 0 radical (unpaired) electrons. The molecule has 0 aromatic heterocycles. The van der Waals surface area contributed by atoms with Crippen molar-refractivity contribution in [1.29, 1.82) is 0 Å². The van der Waals surface area contributed by atoms with Crippen LogP contribution >= 0.6 is 0 Å². The lowest BCUT2D eigenvalue weighted by Gasteiger charge is -2.01. The van der Waals surface area contributed by atoms with Gasteiger partial charge in [0, 0.05) is 0 Å². The number of aromatic carboxylic acids is 1. The minimum Gasteiger partial charge on any atom is -0.477 e. The van der Waals surface area contributed by atoms with Gasteiger partial charge in [0.1, 0.15) is 11.4 Å². The molecule has 5 heteroatoms. The van der Waals surface area contributed by atoms with Gasteiger partial charge >= 0.3 is 5.97 Å². The van der Waals surface area contributed by atoms with E-state index >= 15 is 0 Å². The average molecular weight is 184 g/mol. The van der Waals surface area contributed by atoms with Crippen LogP contribution in [0.2, 0.25) is 0 Å². The summed E-state index contributed by atoms with van der Waals surface area (Å²) in [6.07, 6.45) is 0. The minimum absolute atomic E-state index is 0.0347. The number of halogens is 1. The number of hydrogen-bond acceptors (Lipinski definition) is 3. The van der Waals surface area contributed by atoms with E-state index in [0.29, 0.717) is 0 Å². The van der Waals surface area contributed by atoms with Gasteiger partial charge in [-0.2, -0.15) is 0 Å². The molecule has 2 rings (SSSR count). The van der Waals surface area contributed by atoms with Crippen molar-refractivity contribution >= 4 is 5.97 Å².